The van der Waals surface area contributed by atoms with E-state index in [2.05, 4.69) is 17.0 Å². The van der Waals surface area contributed by atoms with E-state index in [9.17, 15) is 14.4 Å². The van der Waals surface area contributed by atoms with Gasteiger partial charge in [-0.1, -0.05) is 50.8 Å². The Labute approximate surface area is 143 Å². The van der Waals surface area contributed by atoms with E-state index >= 15 is 0 Å². The van der Waals surface area contributed by atoms with E-state index < -0.39 is 0 Å². The quantitative estimate of drug-likeness (QED) is 0.314. The molecule has 132 valence electrons. The molecule has 0 bridgehead atoms. The molecule has 0 aromatic carbocycles. The maximum Gasteiger partial charge on any atom is 0.305 e. The molecule has 23 heavy (non-hydrogen) atoms. The first kappa shape index (κ1) is 21.7. The van der Waals surface area contributed by atoms with Crippen molar-refractivity contribution in [2.45, 2.75) is 64.7 Å². The topological polar surface area (TPSA) is 72.5 Å². The molecule has 0 aliphatic heterocycles. The predicted molar refractivity (Wildman–Crippen MR) is 94.0 cm³/mol. The summed E-state index contributed by atoms with van der Waals surface area (Å²) in [6, 6.07) is 0. The highest BCUT2D eigenvalue weighted by atomic mass is 32.2. The van der Waals surface area contributed by atoms with E-state index in [0.29, 0.717) is 19.4 Å². The van der Waals surface area contributed by atoms with Gasteiger partial charge in [-0.25, -0.2) is 0 Å². The third kappa shape index (κ3) is 15.4. The Morgan fingerprint density at radius 3 is 2.39 bits per heavy atom. The second-order valence-corrected chi connectivity index (χ2v) is 6.24. The smallest absolute Gasteiger partial charge is 0.305 e. The monoisotopic (exact) mass is 343 g/mol. The molecule has 0 heterocycles. The van der Waals surface area contributed by atoms with Crippen molar-refractivity contribution in [2.24, 2.45) is 0 Å². The van der Waals surface area contributed by atoms with Crippen molar-refractivity contribution < 1.29 is 19.1 Å². The van der Waals surface area contributed by atoms with Crippen LogP contribution in [-0.4, -0.2) is 30.6 Å². The summed E-state index contributed by atoms with van der Waals surface area (Å²) in [4.78, 5) is 33.9. The number of hydrogen-bond donors (Lipinski definition) is 1. The van der Waals surface area contributed by atoms with Gasteiger partial charge in [-0.15, -0.1) is 0 Å². The number of hydrogen-bond acceptors (Lipinski definition) is 5. The molecule has 1 amide bonds. The highest BCUT2D eigenvalue weighted by Gasteiger charge is 2.04. The molecule has 0 spiro atoms. The van der Waals surface area contributed by atoms with Crippen LogP contribution in [0.25, 0.3) is 0 Å². The first-order valence-corrected chi connectivity index (χ1v) is 9.18. The third-order valence-electron chi connectivity index (χ3n) is 3.24. The minimum atomic E-state index is -0.313. The van der Waals surface area contributed by atoms with Gasteiger partial charge in [-0.3, -0.25) is 14.4 Å². The Hall–Kier alpha value is -1.30. The third-order valence-corrected chi connectivity index (χ3v) is 3.98. The van der Waals surface area contributed by atoms with Gasteiger partial charge in [0, 0.05) is 25.5 Å². The van der Waals surface area contributed by atoms with Crippen LogP contribution >= 0.6 is 11.8 Å². The summed E-state index contributed by atoms with van der Waals surface area (Å²) in [5.41, 5.74) is 0. The van der Waals surface area contributed by atoms with Crippen LogP contribution in [0.1, 0.15) is 64.7 Å². The minimum Gasteiger partial charge on any atom is -0.469 e. The SMILES string of the molecule is CCCCCCCCNC(=O)C=CSC(=O)CCCC(=O)OC. The van der Waals surface area contributed by atoms with Crippen LogP contribution in [0.2, 0.25) is 0 Å². The van der Waals surface area contributed by atoms with E-state index in [1.165, 1.54) is 44.3 Å². The largest absolute Gasteiger partial charge is 0.469 e. The van der Waals surface area contributed by atoms with Gasteiger partial charge in [-0.2, -0.15) is 0 Å². The predicted octanol–water partition coefficient (Wildman–Crippen LogP) is 3.58. The molecule has 0 unspecified atom stereocenters. The van der Waals surface area contributed by atoms with E-state index in [1.54, 1.807) is 0 Å². The number of carbonyl (C=O) groups excluding carboxylic acids is 3. The molecule has 0 aromatic rings. The van der Waals surface area contributed by atoms with Crippen molar-refractivity contribution in [3.05, 3.63) is 11.5 Å². The molecule has 0 saturated heterocycles. The number of carbonyl (C=O) groups is 3. The van der Waals surface area contributed by atoms with Crippen LogP contribution < -0.4 is 5.32 Å². The fourth-order valence-electron chi connectivity index (χ4n) is 1.89. The number of ether oxygens (including phenoxy) is 1. The zero-order valence-electron chi connectivity index (χ0n) is 14.3. The van der Waals surface area contributed by atoms with Gasteiger partial charge >= 0.3 is 5.97 Å². The molecule has 6 heteroatoms. The molecular formula is C17H29NO4S. The highest BCUT2D eigenvalue weighted by molar-refractivity contribution is 8.16. The molecule has 0 atom stereocenters. The molecule has 0 aliphatic rings. The number of unbranched alkanes of at least 4 members (excludes halogenated alkanes) is 5. The number of rotatable bonds is 13. The normalized spacial score (nSPS) is 10.7. The number of amides is 1. The molecule has 0 saturated carbocycles. The molecule has 0 radical (unpaired) electrons. The molecular weight excluding hydrogens is 314 g/mol. The van der Waals surface area contributed by atoms with Crippen LogP contribution in [0.5, 0.6) is 0 Å². The van der Waals surface area contributed by atoms with E-state index in [0.717, 1.165) is 24.6 Å². The average molecular weight is 343 g/mol. The van der Waals surface area contributed by atoms with Crippen LogP contribution in [-0.2, 0) is 19.1 Å². The summed E-state index contributed by atoms with van der Waals surface area (Å²) < 4.78 is 4.49. The summed E-state index contributed by atoms with van der Waals surface area (Å²) in [7, 11) is 1.32. The lowest BCUT2D eigenvalue weighted by atomic mass is 10.1. The number of methoxy groups -OCH3 is 1. The summed E-state index contributed by atoms with van der Waals surface area (Å²) in [5, 5.41) is 4.24. The standard InChI is InChI=1S/C17H29NO4S/c1-3-4-5-6-7-8-13-18-15(19)12-14-23-17(21)11-9-10-16(20)22-2/h12,14H,3-11,13H2,1-2H3,(H,18,19). The second-order valence-electron chi connectivity index (χ2n) is 5.28. The molecule has 0 aliphatic carbocycles. The van der Waals surface area contributed by atoms with Crippen molar-refractivity contribution in [2.75, 3.05) is 13.7 Å². The van der Waals surface area contributed by atoms with Crippen LogP contribution in [0.4, 0.5) is 0 Å². The lowest BCUT2D eigenvalue weighted by Gasteiger charge is -2.02. The fourth-order valence-corrected chi connectivity index (χ4v) is 2.49. The van der Waals surface area contributed by atoms with Gasteiger partial charge in [0.15, 0.2) is 5.12 Å². The molecule has 0 aromatic heterocycles. The molecule has 1 N–H and O–H groups in total. The van der Waals surface area contributed by atoms with Gasteiger partial charge in [-0.05, 0) is 18.2 Å². The van der Waals surface area contributed by atoms with Crippen molar-refractivity contribution in [3.8, 4) is 0 Å². The molecule has 0 rings (SSSR count). The number of nitrogens with one attached hydrogen (secondary N) is 1. The van der Waals surface area contributed by atoms with Crippen LogP contribution in [0.15, 0.2) is 11.5 Å². The first-order valence-electron chi connectivity index (χ1n) is 8.30. The van der Waals surface area contributed by atoms with Crippen molar-refractivity contribution in [1.82, 2.24) is 5.32 Å². The van der Waals surface area contributed by atoms with E-state index in [4.69, 9.17) is 0 Å². The lowest BCUT2D eigenvalue weighted by Crippen LogP contribution is -2.21. The van der Waals surface area contributed by atoms with E-state index in [-0.39, 0.29) is 23.4 Å². The Morgan fingerprint density at radius 2 is 1.70 bits per heavy atom. The van der Waals surface area contributed by atoms with Gasteiger partial charge in [0.05, 0.1) is 7.11 Å². The van der Waals surface area contributed by atoms with Crippen molar-refractivity contribution in [1.29, 1.82) is 0 Å². The molecule has 5 nitrogen and oxygen atoms in total. The van der Waals surface area contributed by atoms with Crippen molar-refractivity contribution in [3.63, 3.8) is 0 Å². The summed E-state index contributed by atoms with van der Waals surface area (Å²) in [5.74, 6) is -0.485. The van der Waals surface area contributed by atoms with Gasteiger partial charge in [0.25, 0.3) is 0 Å². The Balaban J connectivity index is 3.56. The Morgan fingerprint density at radius 1 is 1.00 bits per heavy atom. The Bertz CT molecular complexity index is 383. The highest BCUT2D eigenvalue weighted by Crippen LogP contribution is 2.10. The first-order chi connectivity index (χ1) is 11.1. The maximum absolute atomic E-state index is 11.5. The summed E-state index contributed by atoms with van der Waals surface area (Å²) >= 11 is 0.984. The molecule has 0 fully saturated rings. The van der Waals surface area contributed by atoms with E-state index in [1.807, 2.05) is 0 Å². The zero-order chi connectivity index (χ0) is 17.3. The fraction of sp³-hybridized carbons (Fsp3) is 0.706. The maximum atomic E-state index is 11.5. The van der Waals surface area contributed by atoms with Gasteiger partial charge in [0.1, 0.15) is 0 Å². The summed E-state index contributed by atoms with van der Waals surface area (Å²) in [6.45, 7) is 2.86. The zero-order valence-corrected chi connectivity index (χ0v) is 15.1. The summed E-state index contributed by atoms with van der Waals surface area (Å²) in [6.07, 6.45) is 9.50. The lowest BCUT2D eigenvalue weighted by molar-refractivity contribution is -0.140. The number of esters is 1. The minimum absolute atomic E-state index is 0.0612. The van der Waals surface area contributed by atoms with Crippen molar-refractivity contribution >= 4 is 28.8 Å². The van der Waals surface area contributed by atoms with Gasteiger partial charge in [0.2, 0.25) is 5.91 Å². The number of thioether (sulfide) groups is 1. The average Bonchev–Trinajstić information content (AvgIpc) is 2.53. The van der Waals surface area contributed by atoms with Crippen LogP contribution in [0.3, 0.4) is 0 Å². The van der Waals surface area contributed by atoms with Crippen LogP contribution in [0, 0.1) is 0 Å². The second kappa shape index (κ2) is 15.6. The van der Waals surface area contributed by atoms with Gasteiger partial charge < -0.3 is 10.1 Å². The Kier molecular flexibility index (Phi) is 14.7.